The highest BCUT2D eigenvalue weighted by Crippen LogP contribution is 2.32. The van der Waals surface area contributed by atoms with Gasteiger partial charge < -0.3 is 24.4 Å². The Morgan fingerprint density at radius 3 is 2.92 bits per heavy atom. The van der Waals surface area contributed by atoms with E-state index >= 15 is 0 Å². The molecule has 2 aliphatic rings. The van der Waals surface area contributed by atoms with Crippen molar-refractivity contribution in [3.63, 3.8) is 0 Å². The number of hydrogen-bond acceptors (Lipinski definition) is 6. The Bertz CT molecular complexity index is 1380. The molecule has 10 heteroatoms. The summed E-state index contributed by atoms with van der Waals surface area (Å²) in [5, 5.41) is 20.9. The van der Waals surface area contributed by atoms with E-state index < -0.39 is 6.09 Å². The maximum Gasteiger partial charge on any atom is 0.440 e. The van der Waals surface area contributed by atoms with Crippen molar-refractivity contribution < 1.29 is 24.5 Å². The summed E-state index contributed by atoms with van der Waals surface area (Å²) in [5.74, 6) is -0.431. The molecule has 186 valence electrons. The van der Waals surface area contributed by atoms with E-state index in [1.165, 1.54) is 0 Å². The van der Waals surface area contributed by atoms with Crippen LogP contribution in [0.5, 0.6) is 10.9 Å². The topological polar surface area (TPSA) is 104 Å². The molecule has 1 unspecified atom stereocenters. The Morgan fingerprint density at radius 2 is 2.14 bits per heavy atom. The lowest BCUT2D eigenvalue weighted by Crippen LogP contribution is -2.42. The van der Waals surface area contributed by atoms with E-state index in [1.807, 2.05) is 36.5 Å². The van der Waals surface area contributed by atoms with Crippen LogP contribution in [-0.4, -0.2) is 45.6 Å². The Balaban J connectivity index is 1.37. The molecule has 1 aromatic carbocycles. The van der Waals surface area contributed by atoms with Crippen LogP contribution in [0.1, 0.15) is 29.5 Å². The Hall–Kier alpha value is -3.40. The second-order valence-corrected chi connectivity index (χ2v) is 10.4. The van der Waals surface area contributed by atoms with Crippen LogP contribution >= 0.6 is 22.9 Å². The van der Waals surface area contributed by atoms with E-state index in [9.17, 15) is 19.8 Å². The SMILES string of the molecule is O=C(N=C1C=CCc2cn(Cc3cccc(N4CCCC(CO)C4=O)c3)c(O)c21)Oc1ccc(Cl)s1. The third-order valence-electron chi connectivity index (χ3n) is 6.29. The summed E-state index contributed by atoms with van der Waals surface area (Å²) < 4.78 is 7.43. The van der Waals surface area contributed by atoms with E-state index in [2.05, 4.69) is 4.99 Å². The van der Waals surface area contributed by atoms with Crippen LogP contribution in [0, 0.1) is 5.92 Å². The van der Waals surface area contributed by atoms with Crippen LogP contribution in [0.4, 0.5) is 10.5 Å². The molecular formula is C26H24ClN3O5S. The molecule has 2 N–H and O–H groups in total. The lowest BCUT2D eigenvalue weighted by molar-refractivity contribution is -0.125. The monoisotopic (exact) mass is 525 g/mol. The zero-order valence-corrected chi connectivity index (χ0v) is 20.8. The number of aliphatic imine (C=N–C) groups is 1. The molecule has 2 aromatic heterocycles. The molecule has 3 heterocycles. The highest BCUT2D eigenvalue weighted by molar-refractivity contribution is 7.17. The second-order valence-electron chi connectivity index (χ2n) is 8.69. The number of carbonyl (C=O) groups is 2. The first kappa shape index (κ1) is 24.3. The van der Waals surface area contributed by atoms with Crippen molar-refractivity contribution in [2.24, 2.45) is 10.9 Å². The first-order valence-electron chi connectivity index (χ1n) is 11.6. The molecule has 0 radical (unpaired) electrons. The number of allylic oxidation sites excluding steroid dienone is 2. The highest BCUT2D eigenvalue weighted by atomic mass is 35.5. The summed E-state index contributed by atoms with van der Waals surface area (Å²) in [6, 6.07) is 10.8. The number of anilines is 1. The molecule has 36 heavy (non-hydrogen) atoms. The number of rotatable bonds is 5. The number of nitrogens with zero attached hydrogens (tertiary/aromatic N) is 3. The number of benzene rings is 1. The molecular weight excluding hydrogens is 502 g/mol. The van der Waals surface area contributed by atoms with Gasteiger partial charge in [-0.1, -0.05) is 41.1 Å². The van der Waals surface area contributed by atoms with Crippen LogP contribution in [0.25, 0.3) is 0 Å². The molecule has 3 aromatic rings. The van der Waals surface area contributed by atoms with Gasteiger partial charge in [-0.3, -0.25) is 4.79 Å². The second kappa shape index (κ2) is 10.3. The van der Waals surface area contributed by atoms with Gasteiger partial charge in [-0.15, -0.1) is 0 Å². The highest BCUT2D eigenvalue weighted by Gasteiger charge is 2.29. The molecule has 1 atom stereocenters. The fourth-order valence-electron chi connectivity index (χ4n) is 4.58. The predicted octanol–water partition coefficient (Wildman–Crippen LogP) is 4.79. The summed E-state index contributed by atoms with van der Waals surface area (Å²) in [7, 11) is 0. The molecule has 1 fully saturated rings. The summed E-state index contributed by atoms with van der Waals surface area (Å²) in [6.07, 6.45) is 6.73. The number of aromatic nitrogens is 1. The minimum atomic E-state index is -0.798. The number of ether oxygens (including phenoxy) is 1. The summed E-state index contributed by atoms with van der Waals surface area (Å²) >= 11 is 7.01. The quantitative estimate of drug-likeness (QED) is 0.498. The third kappa shape index (κ3) is 4.95. The van der Waals surface area contributed by atoms with Crippen LogP contribution < -0.4 is 9.64 Å². The predicted molar refractivity (Wildman–Crippen MR) is 139 cm³/mol. The maximum atomic E-state index is 12.7. The Kier molecular flexibility index (Phi) is 6.95. The summed E-state index contributed by atoms with van der Waals surface area (Å²) in [6.45, 7) is 0.828. The van der Waals surface area contributed by atoms with E-state index in [0.29, 0.717) is 46.6 Å². The van der Waals surface area contributed by atoms with Gasteiger partial charge in [-0.05, 0) is 60.7 Å². The van der Waals surface area contributed by atoms with Crippen molar-refractivity contribution in [3.05, 3.63) is 75.8 Å². The van der Waals surface area contributed by atoms with Gasteiger partial charge in [0.2, 0.25) is 11.8 Å². The molecule has 0 bridgehead atoms. The van der Waals surface area contributed by atoms with E-state index in [1.54, 1.807) is 27.7 Å². The maximum absolute atomic E-state index is 12.7. The number of thiophene rings is 1. The van der Waals surface area contributed by atoms with Crippen molar-refractivity contribution in [2.45, 2.75) is 25.8 Å². The molecule has 1 aliphatic carbocycles. The van der Waals surface area contributed by atoms with E-state index in [0.717, 1.165) is 34.6 Å². The Morgan fingerprint density at radius 1 is 1.28 bits per heavy atom. The zero-order chi connectivity index (χ0) is 25.2. The van der Waals surface area contributed by atoms with Crippen LogP contribution in [-0.2, 0) is 17.8 Å². The fraction of sp³-hybridized carbons (Fsp3) is 0.269. The van der Waals surface area contributed by atoms with Crippen LogP contribution in [0.2, 0.25) is 4.34 Å². The minimum Gasteiger partial charge on any atom is -0.494 e. The van der Waals surface area contributed by atoms with Gasteiger partial charge in [0.25, 0.3) is 0 Å². The van der Waals surface area contributed by atoms with Gasteiger partial charge in [0, 0.05) is 18.4 Å². The molecule has 0 saturated carbocycles. The van der Waals surface area contributed by atoms with Crippen LogP contribution in [0.3, 0.4) is 0 Å². The number of aliphatic hydroxyl groups is 1. The largest absolute Gasteiger partial charge is 0.494 e. The van der Waals surface area contributed by atoms with Gasteiger partial charge in [-0.2, -0.15) is 4.99 Å². The number of fused-ring (bicyclic) bond motifs is 1. The van der Waals surface area contributed by atoms with Gasteiger partial charge in [-0.25, -0.2) is 4.79 Å². The number of aromatic hydroxyl groups is 1. The average Bonchev–Trinajstić information content (AvgIpc) is 3.42. The van der Waals surface area contributed by atoms with Gasteiger partial charge >= 0.3 is 6.09 Å². The van der Waals surface area contributed by atoms with Crippen molar-refractivity contribution in [1.29, 1.82) is 0 Å². The van der Waals surface area contributed by atoms with E-state index in [4.69, 9.17) is 16.3 Å². The normalized spacial score (nSPS) is 18.5. The van der Waals surface area contributed by atoms with Gasteiger partial charge in [0.1, 0.15) is 0 Å². The average molecular weight is 526 g/mol. The minimum absolute atomic E-state index is 0.000125. The third-order valence-corrected chi connectivity index (χ3v) is 7.40. The zero-order valence-electron chi connectivity index (χ0n) is 19.3. The van der Waals surface area contributed by atoms with Crippen molar-refractivity contribution in [1.82, 2.24) is 4.57 Å². The van der Waals surface area contributed by atoms with Gasteiger partial charge in [0.05, 0.1) is 34.7 Å². The number of aliphatic hydroxyl groups excluding tert-OH is 1. The van der Waals surface area contributed by atoms with Crippen molar-refractivity contribution in [2.75, 3.05) is 18.1 Å². The lowest BCUT2D eigenvalue weighted by Gasteiger charge is -2.31. The number of halogens is 1. The first-order chi connectivity index (χ1) is 17.4. The number of amides is 2. The standard InChI is InChI=1S/C26H24ClN3O5S/c27-21-9-10-22(36-21)35-26(34)28-20-8-2-5-17-14-29(25(33)23(17)20)13-16-4-1-7-19(12-16)30-11-3-6-18(15-31)24(30)32/h1-2,4,7-10,12,14,18,31,33H,3,5-6,11,13,15H2. The number of piperidine rings is 1. The Labute approximate surface area is 216 Å². The van der Waals surface area contributed by atoms with Crippen molar-refractivity contribution >= 4 is 46.3 Å². The fourth-order valence-corrected chi connectivity index (χ4v) is 5.45. The molecule has 0 spiro atoms. The molecule has 1 aliphatic heterocycles. The van der Waals surface area contributed by atoms with Crippen molar-refractivity contribution in [3.8, 4) is 10.9 Å². The smallest absolute Gasteiger partial charge is 0.440 e. The molecule has 5 rings (SSSR count). The van der Waals surface area contributed by atoms with Crippen LogP contribution in [0.15, 0.2) is 59.7 Å². The molecule has 2 amide bonds. The lowest BCUT2D eigenvalue weighted by atomic mass is 9.97. The number of hydrogen-bond donors (Lipinski definition) is 2. The molecule has 8 nitrogen and oxygen atoms in total. The molecule has 1 saturated heterocycles. The van der Waals surface area contributed by atoms with Gasteiger partial charge in [0.15, 0.2) is 5.06 Å². The van der Waals surface area contributed by atoms with E-state index in [-0.39, 0.29) is 24.3 Å². The number of carbonyl (C=O) groups excluding carboxylic acids is 2. The first-order valence-corrected chi connectivity index (χ1v) is 12.8. The summed E-state index contributed by atoms with van der Waals surface area (Å²) in [4.78, 5) is 30.8. The summed E-state index contributed by atoms with van der Waals surface area (Å²) in [5.41, 5.74) is 3.32.